The third kappa shape index (κ3) is 3.87. The largest absolute Gasteiger partial charge is 0.503 e. The van der Waals surface area contributed by atoms with Gasteiger partial charge in [-0.1, -0.05) is 11.3 Å². The van der Waals surface area contributed by atoms with E-state index in [1.54, 1.807) is 22.7 Å². The third-order valence-electron chi connectivity index (χ3n) is 6.05. The molecule has 1 amide bonds. The summed E-state index contributed by atoms with van der Waals surface area (Å²) < 4.78 is 27.2. The molecule has 2 aromatic heterocycles. The number of allylic oxidation sites excluding steroid dienone is 2. The van der Waals surface area contributed by atoms with Crippen molar-refractivity contribution in [2.45, 2.75) is 37.8 Å². The molecule has 8 nitrogen and oxygen atoms in total. The molecule has 1 spiro atoms. The molecule has 0 aromatic carbocycles. The van der Waals surface area contributed by atoms with Crippen LogP contribution in [0.2, 0.25) is 0 Å². The van der Waals surface area contributed by atoms with Gasteiger partial charge in [0, 0.05) is 32.6 Å². The maximum absolute atomic E-state index is 13.4. The number of aryl methyl sites for hydroxylation is 1. The van der Waals surface area contributed by atoms with E-state index in [1.807, 2.05) is 0 Å². The first-order valence-corrected chi connectivity index (χ1v) is 10.9. The third-order valence-corrected chi connectivity index (χ3v) is 7.06. The van der Waals surface area contributed by atoms with E-state index in [9.17, 15) is 23.5 Å². The lowest BCUT2D eigenvalue weighted by Crippen LogP contribution is -2.60. The molecule has 0 saturated carbocycles. The van der Waals surface area contributed by atoms with Crippen molar-refractivity contribution in [1.82, 2.24) is 25.0 Å². The van der Waals surface area contributed by atoms with E-state index in [1.165, 1.54) is 0 Å². The molecule has 11 heteroatoms. The predicted octanol–water partition coefficient (Wildman–Crippen LogP) is 2.04. The second-order valence-electron chi connectivity index (χ2n) is 7.84. The number of nitrogens with zero attached hydrogens (tertiary/aromatic N) is 4. The molecule has 2 aromatic rings. The average molecular weight is 451 g/mol. The zero-order valence-corrected chi connectivity index (χ0v) is 17.8. The first-order chi connectivity index (χ1) is 14.9. The molecular weight excluding hydrogens is 428 g/mol. The number of likely N-dealkylation sites (N-methyl/N-ethyl adjacent to an activating group) is 1. The monoisotopic (exact) mass is 451 g/mol. The Bertz CT molecular complexity index is 1090. The van der Waals surface area contributed by atoms with E-state index in [0.29, 0.717) is 11.6 Å². The normalized spacial score (nSPS) is 18.5. The van der Waals surface area contributed by atoms with Crippen LogP contribution in [0, 0.1) is 0 Å². The van der Waals surface area contributed by atoms with Crippen LogP contribution in [0.5, 0.6) is 5.75 Å². The van der Waals surface area contributed by atoms with Crippen LogP contribution < -0.4 is 10.7 Å². The fourth-order valence-corrected chi connectivity index (χ4v) is 5.06. The Morgan fingerprint density at radius 2 is 2.10 bits per heavy atom. The molecule has 4 rings (SSSR count). The van der Waals surface area contributed by atoms with E-state index in [0.717, 1.165) is 43.3 Å². The Hall–Kier alpha value is -2.66. The van der Waals surface area contributed by atoms with Gasteiger partial charge in [0.15, 0.2) is 16.5 Å². The van der Waals surface area contributed by atoms with Crippen molar-refractivity contribution in [2.24, 2.45) is 0 Å². The second-order valence-corrected chi connectivity index (χ2v) is 8.90. The van der Waals surface area contributed by atoms with Crippen molar-refractivity contribution in [2.75, 3.05) is 26.8 Å². The molecule has 166 valence electrons. The van der Waals surface area contributed by atoms with Gasteiger partial charge in [-0.2, -0.15) is 0 Å². The molecule has 0 radical (unpaired) electrons. The van der Waals surface area contributed by atoms with Crippen molar-refractivity contribution in [3.63, 3.8) is 0 Å². The number of carbonyl (C=O) groups is 1. The number of hydrogen-bond donors (Lipinski definition) is 2. The summed E-state index contributed by atoms with van der Waals surface area (Å²) in [4.78, 5) is 27.5. The Morgan fingerprint density at radius 3 is 2.81 bits per heavy atom. The summed E-state index contributed by atoms with van der Waals surface area (Å²) in [7, 11) is 1.71. The number of piperidine rings is 1. The molecule has 0 aliphatic carbocycles. The number of fused-ring (bicyclic) bond motifs is 1. The standard InChI is InChI=1S/C20H23F2N5O3S/c1-26-19(30)15-17(29)16(28)13(10-27(15)11-20(26)5-8-23-9-6-20)18-25-24-14(31-18)3-2-12(22)4-7-21/h4,10,23,29H,2-3,5-9,11H2,1H3/b12-4+. The van der Waals surface area contributed by atoms with Gasteiger partial charge in [0.2, 0.25) is 5.43 Å². The van der Waals surface area contributed by atoms with Crippen LogP contribution in [0.3, 0.4) is 0 Å². The Kier molecular flexibility index (Phi) is 5.89. The first-order valence-electron chi connectivity index (χ1n) is 10.0. The number of aromatic hydroxyl groups is 1. The number of hydrogen-bond acceptors (Lipinski definition) is 7. The summed E-state index contributed by atoms with van der Waals surface area (Å²) in [5, 5.41) is 22.6. The van der Waals surface area contributed by atoms with Crippen LogP contribution in [0.15, 0.2) is 22.9 Å². The highest BCUT2D eigenvalue weighted by atomic mass is 32.1. The highest BCUT2D eigenvalue weighted by molar-refractivity contribution is 7.14. The van der Waals surface area contributed by atoms with Gasteiger partial charge in [0.25, 0.3) is 5.91 Å². The van der Waals surface area contributed by atoms with Gasteiger partial charge < -0.3 is 19.9 Å². The number of amides is 1. The maximum atomic E-state index is 13.4. The summed E-state index contributed by atoms with van der Waals surface area (Å²) in [5.74, 6) is -1.56. The summed E-state index contributed by atoms with van der Waals surface area (Å²) in [5.41, 5.74) is -0.962. The second kappa shape index (κ2) is 8.46. The van der Waals surface area contributed by atoms with E-state index >= 15 is 0 Å². The number of alkyl halides is 1. The SMILES string of the molecule is CN1C(=O)c2c(O)c(=O)c(-c3nnc(CC/C(F)=C\CF)s3)cn2CC12CCNCC2. The van der Waals surface area contributed by atoms with E-state index in [2.05, 4.69) is 15.5 Å². The molecule has 0 bridgehead atoms. The fourth-order valence-electron chi connectivity index (χ4n) is 4.21. The predicted molar refractivity (Wildman–Crippen MR) is 112 cm³/mol. The first kappa shape index (κ1) is 21.6. The van der Waals surface area contributed by atoms with E-state index < -0.39 is 23.7 Å². The van der Waals surface area contributed by atoms with Crippen LogP contribution in [-0.2, 0) is 13.0 Å². The maximum Gasteiger partial charge on any atom is 0.274 e. The lowest BCUT2D eigenvalue weighted by molar-refractivity contribution is 0.0286. The lowest BCUT2D eigenvalue weighted by atomic mass is 9.84. The van der Waals surface area contributed by atoms with Gasteiger partial charge in [0.1, 0.15) is 11.7 Å². The van der Waals surface area contributed by atoms with Crippen molar-refractivity contribution >= 4 is 17.2 Å². The highest BCUT2D eigenvalue weighted by Gasteiger charge is 2.45. The smallest absolute Gasteiger partial charge is 0.274 e. The topological polar surface area (TPSA) is 100 Å². The van der Waals surface area contributed by atoms with Crippen LogP contribution in [0.1, 0.15) is 34.8 Å². The summed E-state index contributed by atoms with van der Waals surface area (Å²) in [6.07, 6.45) is 4.15. The van der Waals surface area contributed by atoms with Crippen LogP contribution in [0.4, 0.5) is 8.78 Å². The van der Waals surface area contributed by atoms with Gasteiger partial charge >= 0.3 is 0 Å². The molecule has 2 aliphatic heterocycles. The summed E-state index contributed by atoms with van der Waals surface area (Å²) in [6, 6.07) is 0. The van der Waals surface area contributed by atoms with Crippen molar-refractivity contribution in [1.29, 1.82) is 0 Å². The Morgan fingerprint density at radius 1 is 1.35 bits per heavy atom. The summed E-state index contributed by atoms with van der Waals surface area (Å²) >= 11 is 1.11. The number of aromatic nitrogens is 3. The zero-order chi connectivity index (χ0) is 22.2. The minimum Gasteiger partial charge on any atom is -0.503 e. The van der Waals surface area contributed by atoms with Crippen LogP contribution >= 0.6 is 11.3 Å². The van der Waals surface area contributed by atoms with Crippen molar-refractivity contribution in [3.8, 4) is 16.3 Å². The molecule has 0 atom stereocenters. The average Bonchev–Trinajstić information content (AvgIpc) is 3.23. The molecular formula is C20H23F2N5O3S. The molecule has 2 N–H and O–H groups in total. The van der Waals surface area contributed by atoms with Gasteiger partial charge in [-0.15, -0.1) is 10.2 Å². The number of rotatable bonds is 5. The van der Waals surface area contributed by atoms with Crippen molar-refractivity contribution in [3.05, 3.63) is 39.0 Å². The van der Waals surface area contributed by atoms with Gasteiger partial charge in [-0.05, 0) is 32.0 Å². The quantitative estimate of drug-likeness (QED) is 0.722. The molecule has 2 aliphatic rings. The van der Waals surface area contributed by atoms with E-state index in [-0.39, 0.29) is 40.6 Å². The lowest BCUT2D eigenvalue weighted by Gasteiger charge is -2.48. The van der Waals surface area contributed by atoms with Crippen LogP contribution in [-0.4, -0.2) is 63.0 Å². The van der Waals surface area contributed by atoms with Crippen LogP contribution in [0.25, 0.3) is 10.6 Å². The Balaban J connectivity index is 1.68. The zero-order valence-electron chi connectivity index (χ0n) is 17.0. The minimum absolute atomic E-state index is 0.00956. The number of halogens is 2. The fraction of sp³-hybridized carbons (Fsp3) is 0.500. The van der Waals surface area contributed by atoms with Gasteiger partial charge in [0.05, 0.1) is 16.9 Å². The number of carbonyl (C=O) groups excluding carboxylic acids is 1. The molecule has 1 fully saturated rings. The minimum atomic E-state index is -0.871. The van der Waals surface area contributed by atoms with Crippen molar-refractivity contribution < 1.29 is 18.7 Å². The molecule has 31 heavy (non-hydrogen) atoms. The highest BCUT2D eigenvalue weighted by Crippen LogP contribution is 2.36. The number of pyridine rings is 1. The number of nitrogens with one attached hydrogen (secondary N) is 1. The van der Waals surface area contributed by atoms with E-state index in [4.69, 9.17) is 0 Å². The van der Waals surface area contributed by atoms with Gasteiger partial charge in [-0.25, -0.2) is 8.78 Å². The van der Waals surface area contributed by atoms with Gasteiger partial charge in [-0.3, -0.25) is 9.59 Å². The molecule has 1 saturated heterocycles. The molecule has 0 unspecified atom stereocenters. The molecule has 4 heterocycles. The summed E-state index contributed by atoms with van der Waals surface area (Å²) in [6.45, 7) is 1.14. The Labute approximate surface area is 181 Å².